The molecule has 2 rings (SSSR count). The summed E-state index contributed by atoms with van der Waals surface area (Å²) in [7, 11) is 1.65. The topological polar surface area (TPSA) is 91.8 Å². The van der Waals surface area contributed by atoms with Gasteiger partial charge >= 0.3 is 12.0 Å². The van der Waals surface area contributed by atoms with E-state index < -0.39 is 17.9 Å². The largest absolute Gasteiger partial charge is 0.481 e. The lowest BCUT2D eigenvalue weighted by molar-refractivity contribution is -0.142. The molecule has 1 aromatic heterocycles. The molecule has 1 aliphatic heterocycles. The Bertz CT molecular complexity index is 480. The lowest BCUT2D eigenvalue weighted by Crippen LogP contribution is -2.47. The van der Waals surface area contributed by atoms with Gasteiger partial charge in [0.1, 0.15) is 5.92 Å². The van der Waals surface area contributed by atoms with Crippen LogP contribution in [0.15, 0.2) is 24.5 Å². The lowest BCUT2D eigenvalue weighted by Gasteiger charge is -2.22. The first-order valence-electron chi connectivity index (χ1n) is 6.29. The van der Waals surface area contributed by atoms with Crippen molar-refractivity contribution in [1.82, 2.24) is 15.2 Å². The number of ether oxygens (including phenoxy) is 1. The first-order valence-corrected chi connectivity index (χ1v) is 6.29. The van der Waals surface area contributed by atoms with Crippen LogP contribution >= 0.6 is 0 Å². The molecule has 0 aromatic carbocycles. The number of hydrogen-bond acceptors (Lipinski definition) is 4. The number of urea groups is 1. The third kappa shape index (κ3) is 3.45. The van der Waals surface area contributed by atoms with Gasteiger partial charge in [0.15, 0.2) is 0 Å². The lowest BCUT2D eigenvalue weighted by atomic mass is 10.0. The number of nitrogens with zero attached hydrogens (tertiary/aromatic N) is 2. The van der Waals surface area contributed by atoms with E-state index in [0.717, 1.165) is 5.56 Å². The van der Waals surface area contributed by atoms with E-state index in [1.54, 1.807) is 19.4 Å². The molecule has 2 amide bonds. The highest BCUT2D eigenvalue weighted by molar-refractivity contribution is 5.77. The zero-order valence-electron chi connectivity index (χ0n) is 11.2. The number of carbonyl (C=O) groups excluding carboxylic acids is 1. The van der Waals surface area contributed by atoms with Crippen LogP contribution in [0.1, 0.15) is 5.56 Å². The molecule has 1 saturated heterocycles. The van der Waals surface area contributed by atoms with Crippen molar-refractivity contribution in [2.45, 2.75) is 12.6 Å². The fourth-order valence-electron chi connectivity index (χ4n) is 2.04. The summed E-state index contributed by atoms with van der Waals surface area (Å²) in [6, 6.07) is 2.84. The van der Waals surface area contributed by atoms with Gasteiger partial charge in [-0.3, -0.25) is 9.78 Å². The highest BCUT2D eigenvalue weighted by atomic mass is 16.5. The molecule has 2 N–H and O–H groups in total. The summed E-state index contributed by atoms with van der Waals surface area (Å²) in [4.78, 5) is 28.4. The SMILES string of the molecule is CN(Cc1ccncc1)C(=O)NC1COCC1C(=O)O. The molecule has 7 nitrogen and oxygen atoms in total. The Morgan fingerprint density at radius 1 is 1.45 bits per heavy atom. The van der Waals surface area contributed by atoms with Gasteiger partial charge in [0.25, 0.3) is 0 Å². The smallest absolute Gasteiger partial charge is 0.317 e. The number of hydrogen-bond donors (Lipinski definition) is 2. The normalized spacial score (nSPS) is 21.4. The molecule has 0 radical (unpaired) electrons. The van der Waals surface area contributed by atoms with Crippen molar-refractivity contribution in [1.29, 1.82) is 0 Å². The molecule has 0 bridgehead atoms. The van der Waals surface area contributed by atoms with Gasteiger partial charge in [0, 0.05) is 26.0 Å². The molecule has 0 saturated carbocycles. The second-order valence-corrected chi connectivity index (χ2v) is 4.75. The highest BCUT2D eigenvalue weighted by Crippen LogP contribution is 2.14. The van der Waals surface area contributed by atoms with Gasteiger partial charge in [-0.1, -0.05) is 0 Å². The number of rotatable bonds is 4. The van der Waals surface area contributed by atoms with E-state index in [9.17, 15) is 9.59 Å². The van der Waals surface area contributed by atoms with Crippen LogP contribution in [0.5, 0.6) is 0 Å². The molecule has 7 heteroatoms. The van der Waals surface area contributed by atoms with Crippen molar-refractivity contribution in [3.05, 3.63) is 30.1 Å². The monoisotopic (exact) mass is 279 g/mol. The fraction of sp³-hybridized carbons (Fsp3) is 0.462. The minimum absolute atomic E-state index is 0.133. The van der Waals surface area contributed by atoms with E-state index in [1.807, 2.05) is 12.1 Å². The van der Waals surface area contributed by atoms with E-state index in [4.69, 9.17) is 9.84 Å². The maximum atomic E-state index is 12.0. The zero-order valence-corrected chi connectivity index (χ0v) is 11.2. The molecule has 2 atom stereocenters. The Kier molecular flexibility index (Phi) is 4.52. The minimum atomic E-state index is -0.954. The molecule has 0 spiro atoms. The van der Waals surface area contributed by atoms with Gasteiger partial charge in [-0.15, -0.1) is 0 Å². The van der Waals surface area contributed by atoms with E-state index in [2.05, 4.69) is 10.3 Å². The van der Waals surface area contributed by atoms with Crippen molar-refractivity contribution in [3.8, 4) is 0 Å². The number of carboxylic acid groups (broad SMARTS) is 1. The van der Waals surface area contributed by atoms with Crippen molar-refractivity contribution < 1.29 is 19.4 Å². The quantitative estimate of drug-likeness (QED) is 0.828. The van der Waals surface area contributed by atoms with E-state index in [1.165, 1.54) is 4.90 Å². The van der Waals surface area contributed by atoms with Gasteiger partial charge in [-0.05, 0) is 17.7 Å². The van der Waals surface area contributed by atoms with E-state index >= 15 is 0 Å². The third-order valence-corrected chi connectivity index (χ3v) is 3.22. The number of pyridine rings is 1. The Labute approximate surface area is 116 Å². The van der Waals surface area contributed by atoms with Crippen LogP contribution in [-0.4, -0.2) is 53.3 Å². The molecule has 1 aromatic rings. The average Bonchev–Trinajstić information content (AvgIpc) is 2.88. The first kappa shape index (κ1) is 14.3. The number of carbonyl (C=O) groups is 2. The second kappa shape index (κ2) is 6.33. The van der Waals surface area contributed by atoms with E-state index in [0.29, 0.717) is 6.54 Å². The summed E-state index contributed by atoms with van der Waals surface area (Å²) in [5.41, 5.74) is 0.954. The Hall–Kier alpha value is -2.15. The van der Waals surface area contributed by atoms with Gasteiger partial charge < -0.3 is 20.1 Å². The molecule has 2 unspecified atom stereocenters. The molecule has 20 heavy (non-hydrogen) atoms. The van der Waals surface area contributed by atoms with Crippen LogP contribution < -0.4 is 5.32 Å². The summed E-state index contributed by atoms with van der Waals surface area (Å²) < 4.78 is 5.11. The summed E-state index contributed by atoms with van der Waals surface area (Å²) in [5, 5.41) is 11.7. The Balaban J connectivity index is 1.89. The van der Waals surface area contributed by atoms with Crippen LogP contribution in [0.4, 0.5) is 4.79 Å². The van der Waals surface area contributed by atoms with Gasteiger partial charge in [0.05, 0.1) is 19.3 Å². The number of aromatic nitrogens is 1. The van der Waals surface area contributed by atoms with Crippen LogP contribution in [0.25, 0.3) is 0 Å². The third-order valence-electron chi connectivity index (χ3n) is 3.22. The second-order valence-electron chi connectivity index (χ2n) is 4.75. The van der Waals surface area contributed by atoms with E-state index in [-0.39, 0.29) is 19.2 Å². The zero-order chi connectivity index (χ0) is 14.5. The summed E-state index contributed by atoms with van der Waals surface area (Å²) in [5.74, 6) is -1.64. The molecule has 1 aliphatic rings. The molecule has 0 aliphatic carbocycles. The van der Waals surface area contributed by atoms with Gasteiger partial charge in [-0.25, -0.2) is 4.79 Å². The Morgan fingerprint density at radius 2 is 2.15 bits per heavy atom. The van der Waals surface area contributed by atoms with Crippen molar-refractivity contribution >= 4 is 12.0 Å². The fourth-order valence-corrected chi connectivity index (χ4v) is 2.04. The molecule has 2 heterocycles. The first-order chi connectivity index (χ1) is 9.58. The molecule has 1 fully saturated rings. The van der Waals surface area contributed by atoms with Crippen LogP contribution in [-0.2, 0) is 16.1 Å². The summed E-state index contributed by atoms with van der Waals surface area (Å²) in [6.45, 7) is 0.791. The molecule has 108 valence electrons. The number of amides is 2. The summed E-state index contributed by atoms with van der Waals surface area (Å²) in [6.07, 6.45) is 3.32. The molecular formula is C13H17N3O4. The van der Waals surface area contributed by atoms with Crippen LogP contribution in [0, 0.1) is 5.92 Å². The van der Waals surface area contributed by atoms with Gasteiger partial charge in [-0.2, -0.15) is 0 Å². The number of nitrogens with one attached hydrogen (secondary N) is 1. The number of aliphatic carboxylic acids is 1. The average molecular weight is 279 g/mol. The minimum Gasteiger partial charge on any atom is -0.481 e. The maximum Gasteiger partial charge on any atom is 0.317 e. The van der Waals surface area contributed by atoms with Crippen LogP contribution in [0.3, 0.4) is 0 Å². The van der Waals surface area contributed by atoms with Gasteiger partial charge in [0.2, 0.25) is 0 Å². The Morgan fingerprint density at radius 3 is 2.80 bits per heavy atom. The standard InChI is InChI=1S/C13H17N3O4/c1-16(6-9-2-4-14-5-3-9)13(19)15-11-8-20-7-10(11)12(17)18/h2-5,10-11H,6-8H2,1H3,(H,15,19)(H,17,18). The van der Waals surface area contributed by atoms with Crippen molar-refractivity contribution in [2.75, 3.05) is 20.3 Å². The highest BCUT2D eigenvalue weighted by Gasteiger charge is 2.35. The number of carboxylic acids is 1. The van der Waals surface area contributed by atoms with Crippen LogP contribution in [0.2, 0.25) is 0 Å². The summed E-state index contributed by atoms with van der Waals surface area (Å²) >= 11 is 0. The maximum absolute atomic E-state index is 12.0. The molecular weight excluding hydrogens is 262 g/mol. The predicted molar refractivity (Wildman–Crippen MR) is 70.0 cm³/mol. The van der Waals surface area contributed by atoms with Crippen molar-refractivity contribution in [3.63, 3.8) is 0 Å². The predicted octanol–water partition coefficient (Wildman–Crippen LogP) is 0.323. The van der Waals surface area contributed by atoms with Crippen molar-refractivity contribution in [2.24, 2.45) is 5.92 Å².